The Labute approximate surface area is 104 Å². The Kier molecular flexibility index (Phi) is 3.14. The van der Waals surface area contributed by atoms with Crippen molar-refractivity contribution >= 4 is 11.6 Å². The molecular weight excluding hydrogens is 234 g/mol. The Bertz CT molecular complexity index is 629. The molecule has 2 aromatic rings. The first kappa shape index (κ1) is 11.3. The molecule has 0 aliphatic heterocycles. The molecule has 0 unspecified atom stereocenters. The van der Waals surface area contributed by atoms with E-state index in [-0.39, 0.29) is 6.54 Å². The molecule has 0 bridgehead atoms. The summed E-state index contributed by atoms with van der Waals surface area (Å²) >= 11 is 6.13. The van der Waals surface area contributed by atoms with Gasteiger partial charge in [0.2, 0.25) is 0 Å². The molecule has 4 heteroatoms. The van der Waals surface area contributed by atoms with Gasteiger partial charge < -0.3 is 0 Å². The maximum Gasteiger partial charge on any atom is 0.128 e. The van der Waals surface area contributed by atoms with Crippen molar-refractivity contribution in [3.8, 4) is 29.5 Å². The summed E-state index contributed by atoms with van der Waals surface area (Å²) < 4.78 is 1.56. The Morgan fingerprint density at radius 3 is 2.94 bits per heavy atom. The Morgan fingerprint density at radius 2 is 2.29 bits per heavy atom. The van der Waals surface area contributed by atoms with Crippen LogP contribution in [0.2, 0.25) is 5.02 Å². The number of nitriles is 1. The molecule has 0 N–H and O–H groups in total. The van der Waals surface area contributed by atoms with E-state index in [4.69, 9.17) is 23.3 Å². The molecule has 0 aliphatic rings. The highest BCUT2D eigenvalue weighted by atomic mass is 35.5. The zero-order chi connectivity index (χ0) is 12.3. The first-order chi connectivity index (χ1) is 8.24. The number of hydrogen-bond donors (Lipinski definition) is 0. The standard InChI is InChI=1S/C13H8ClN3/c1-2-10-3-4-12(13(14)7-10)11-8-16-17(9-11)6-5-15/h1,3-4,7-9H,6H2. The maximum absolute atomic E-state index is 8.56. The van der Waals surface area contributed by atoms with Gasteiger partial charge in [-0.3, -0.25) is 4.68 Å². The fourth-order valence-electron chi connectivity index (χ4n) is 1.50. The summed E-state index contributed by atoms with van der Waals surface area (Å²) in [7, 11) is 0. The van der Waals surface area contributed by atoms with E-state index in [1.54, 1.807) is 23.1 Å². The van der Waals surface area contributed by atoms with Gasteiger partial charge in [0.25, 0.3) is 0 Å². The molecule has 1 aromatic carbocycles. The Morgan fingerprint density at radius 1 is 1.47 bits per heavy atom. The first-order valence-corrected chi connectivity index (χ1v) is 5.28. The lowest BCUT2D eigenvalue weighted by atomic mass is 10.1. The van der Waals surface area contributed by atoms with Crippen LogP contribution in [0, 0.1) is 23.7 Å². The van der Waals surface area contributed by atoms with E-state index in [9.17, 15) is 0 Å². The van der Waals surface area contributed by atoms with Gasteiger partial charge in [-0.1, -0.05) is 23.6 Å². The number of aromatic nitrogens is 2. The van der Waals surface area contributed by atoms with Gasteiger partial charge in [-0.25, -0.2) is 0 Å². The maximum atomic E-state index is 8.56. The molecule has 0 saturated heterocycles. The summed E-state index contributed by atoms with van der Waals surface area (Å²) in [4.78, 5) is 0. The average Bonchev–Trinajstić information content (AvgIpc) is 2.78. The predicted octanol–water partition coefficient (Wildman–Crippen LogP) is 2.71. The summed E-state index contributed by atoms with van der Waals surface area (Å²) in [6.45, 7) is 0.222. The van der Waals surface area contributed by atoms with Gasteiger partial charge in [-0.2, -0.15) is 10.4 Å². The highest BCUT2D eigenvalue weighted by molar-refractivity contribution is 6.33. The van der Waals surface area contributed by atoms with Crippen LogP contribution in [-0.2, 0) is 6.54 Å². The number of halogens is 1. The van der Waals surface area contributed by atoms with E-state index in [1.165, 1.54) is 0 Å². The third kappa shape index (κ3) is 2.30. The minimum atomic E-state index is 0.222. The molecule has 0 fully saturated rings. The van der Waals surface area contributed by atoms with Gasteiger partial charge >= 0.3 is 0 Å². The topological polar surface area (TPSA) is 41.6 Å². The third-order valence-corrected chi connectivity index (χ3v) is 2.63. The fourth-order valence-corrected chi connectivity index (χ4v) is 1.79. The second kappa shape index (κ2) is 4.74. The Hall–Kier alpha value is -2.23. The van der Waals surface area contributed by atoms with Crippen molar-refractivity contribution in [1.82, 2.24) is 9.78 Å². The van der Waals surface area contributed by atoms with Gasteiger partial charge in [-0.05, 0) is 12.1 Å². The lowest BCUT2D eigenvalue weighted by Gasteiger charge is -2.01. The highest BCUT2D eigenvalue weighted by Gasteiger charge is 2.06. The second-order valence-electron chi connectivity index (χ2n) is 3.42. The minimum absolute atomic E-state index is 0.222. The van der Waals surface area contributed by atoms with Gasteiger partial charge in [-0.15, -0.1) is 6.42 Å². The number of nitrogens with zero attached hydrogens (tertiary/aromatic N) is 3. The van der Waals surface area contributed by atoms with Crippen LogP contribution in [0.4, 0.5) is 0 Å². The van der Waals surface area contributed by atoms with Crippen LogP contribution in [0.25, 0.3) is 11.1 Å². The Balaban J connectivity index is 2.40. The molecule has 0 saturated carbocycles. The summed E-state index contributed by atoms with van der Waals surface area (Å²) in [5.41, 5.74) is 2.46. The van der Waals surface area contributed by atoms with Crippen LogP contribution in [-0.4, -0.2) is 9.78 Å². The lowest BCUT2D eigenvalue weighted by molar-refractivity contribution is 0.710. The van der Waals surface area contributed by atoms with Crippen molar-refractivity contribution in [3.63, 3.8) is 0 Å². The normalized spacial score (nSPS) is 9.59. The van der Waals surface area contributed by atoms with Gasteiger partial charge in [0.05, 0.1) is 12.3 Å². The molecule has 0 amide bonds. The third-order valence-electron chi connectivity index (χ3n) is 2.31. The summed E-state index contributed by atoms with van der Waals surface area (Å²) in [5, 5.41) is 13.2. The molecular formula is C13H8ClN3. The monoisotopic (exact) mass is 241 g/mol. The zero-order valence-electron chi connectivity index (χ0n) is 8.89. The number of benzene rings is 1. The molecule has 0 radical (unpaired) electrons. The van der Waals surface area contributed by atoms with Crippen molar-refractivity contribution in [2.45, 2.75) is 6.54 Å². The van der Waals surface area contributed by atoms with Crippen molar-refractivity contribution in [2.75, 3.05) is 0 Å². The first-order valence-electron chi connectivity index (χ1n) is 4.90. The number of rotatable bonds is 2. The fraction of sp³-hybridized carbons (Fsp3) is 0.0769. The van der Waals surface area contributed by atoms with Crippen LogP contribution in [0.1, 0.15) is 5.56 Å². The van der Waals surface area contributed by atoms with Crippen molar-refractivity contribution in [1.29, 1.82) is 5.26 Å². The summed E-state index contributed by atoms with van der Waals surface area (Å²) in [6.07, 6.45) is 8.74. The van der Waals surface area contributed by atoms with Gasteiger partial charge in [0, 0.05) is 27.9 Å². The molecule has 0 atom stereocenters. The largest absolute Gasteiger partial charge is 0.258 e. The summed E-state index contributed by atoms with van der Waals surface area (Å²) in [5.74, 6) is 2.52. The molecule has 1 heterocycles. The van der Waals surface area contributed by atoms with E-state index < -0.39 is 0 Å². The molecule has 3 nitrogen and oxygen atoms in total. The minimum Gasteiger partial charge on any atom is -0.258 e. The summed E-state index contributed by atoms with van der Waals surface area (Å²) in [6, 6.07) is 7.43. The highest BCUT2D eigenvalue weighted by Crippen LogP contribution is 2.28. The van der Waals surface area contributed by atoms with E-state index in [1.807, 2.05) is 18.2 Å². The second-order valence-corrected chi connectivity index (χ2v) is 3.83. The molecule has 82 valence electrons. The SMILES string of the molecule is C#Cc1ccc(-c2cnn(CC#N)c2)c(Cl)c1. The van der Waals surface area contributed by atoms with Crippen LogP contribution in [0.15, 0.2) is 30.6 Å². The number of hydrogen-bond acceptors (Lipinski definition) is 2. The average molecular weight is 242 g/mol. The number of terminal acetylenes is 1. The smallest absolute Gasteiger partial charge is 0.128 e. The molecule has 0 spiro atoms. The quantitative estimate of drug-likeness (QED) is 0.759. The van der Waals surface area contributed by atoms with E-state index >= 15 is 0 Å². The molecule has 17 heavy (non-hydrogen) atoms. The van der Waals surface area contributed by atoms with E-state index in [2.05, 4.69) is 11.0 Å². The predicted molar refractivity (Wildman–Crippen MR) is 66.2 cm³/mol. The van der Waals surface area contributed by atoms with Crippen LogP contribution < -0.4 is 0 Å². The molecule has 2 rings (SSSR count). The molecule has 0 aliphatic carbocycles. The van der Waals surface area contributed by atoms with Crippen LogP contribution >= 0.6 is 11.6 Å². The van der Waals surface area contributed by atoms with Crippen molar-refractivity contribution in [3.05, 3.63) is 41.2 Å². The van der Waals surface area contributed by atoms with Gasteiger partial charge in [0.1, 0.15) is 6.54 Å². The van der Waals surface area contributed by atoms with Crippen LogP contribution in [0.3, 0.4) is 0 Å². The van der Waals surface area contributed by atoms with E-state index in [0.29, 0.717) is 5.02 Å². The molecule has 1 aromatic heterocycles. The lowest BCUT2D eigenvalue weighted by Crippen LogP contribution is -1.94. The van der Waals surface area contributed by atoms with E-state index in [0.717, 1.165) is 16.7 Å². The van der Waals surface area contributed by atoms with Crippen molar-refractivity contribution in [2.24, 2.45) is 0 Å². The van der Waals surface area contributed by atoms with Crippen LogP contribution in [0.5, 0.6) is 0 Å². The zero-order valence-corrected chi connectivity index (χ0v) is 9.65. The van der Waals surface area contributed by atoms with Gasteiger partial charge in [0.15, 0.2) is 0 Å². The van der Waals surface area contributed by atoms with Crippen molar-refractivity contribution < 1.29 is 0 Å².